The van der Waals surface area contributed by atoms with Crippen molar-refractivity contribution >= 4 is 21.9 Å². The van der Waals surface area contributed by atoms with E-state index in [1.54, 1.807) is 35.5 Å². The van der Waals surface area contributed by atoms with Gasteiger partial charge in [0.1, 0.15) is 5.82 Å². The minimum absolute atomic E-state index is 0.00230. The predicted octanol–water partition coefficient (Wildman–Crippen LogP) is 4.50. The van der Waals surface area contributed by atoms with Gasteiger partial charge in [-0.15, -0.1) is 0 Å². The molecule has 2 aromatic carbocycles. The standard InChI is InChI=1S/C28H28N6O3S/c1-18-11-14-34(17-25-29-12-6-13-30-25)27(35)21-9-5-10-22(15-21)38(36,37)33-28-31-23(18)16-24(32-28)26-19(2)7-4-8-20(26)3/h4-10,12-13,15-16,18H,11,14,17H2,1-3H3,(H,31,32,33). The summed E-state index contributed by atoms with van der Waals surface area (Å²) in [6.45, 7) is 6.61. The summed E-state index contributed by atoms with van der Waals surface area (Å²) in [5.41, 5.74) is 4.59. The van der Waals surface area contributed by atoms with Crippen LogP contribution in [0.15, 0.2) is 71.9 Å². The maximum absolute atomic E-state index is 13.6. The fourth-order valence-corrected chi connectivity index (χ4v) is 5.59. The van der Waals surface area contributed by atoms with Crippen LogP contribution in [0.1, 0.15) is 52.3 Å². The fraction of sp³-hybridized carbons (Fsp3) is 0.250. The quantitative estimate of drug-likeness (QED) is 0.416. The molecule has 0 saturated heterocycles. The zero-order valence-electron chi connectivity index (χ0n) is 21.4. The SMILES string of the molecule is Cc1cccc(C)c1-c1cc2nc(n1)NS(=O)(=O)c1cccc(c1)C(=O)N(Cc1ncccn1)CCC2C. The maximum Gasteiger partial charge on any atom is 0.264 e. The van der Waals surface area contributed by atoms with E-state index in [2.05, 4.69) is 24.7 Å². The molecule has 4 aromatic rings. The molecule has 38 heavy (non-hydrogen) atoms. The second kappa shape index (κ2) is 10.3. The largest absolute Gasteiger partial charge is 0.331 e. The lowest BCUT2D eigenvalue weighted by Gasteiger charge is -2.24. The molecule has 1 amide bonds. The van der Waals surface area contributed by atoms with Crippen molar-refractivity contribution in [1.82, 2.24) is 24.8 Å². The van der Waals surface area contributed by atoms with Gasteiger partial charge in [0.15, 0.2) is 0 Å². The Bertz CT molecular complexity index is 1590. The number of sulfonamides is 1. The van der Waals surface area contributed by atoms with Crippen molar-refractivity contribution in [2.75, 3.05) is 11.3 Å². The summed E-state index contributed by atoms with van der Waals surface area (Å²) in [7, 11) is -4.07. The van der Waals surface area contributed by atoms with Gasteiger partial charge in [0, 0.05) is 41.7 Å². The average molecular weight is 529 g/mol. The van der Waals surface area contributed by atoms with Gasteiger partial charge in [-0.3, -0.25) is 4.79 Å². The minimum atomic E-state index is -4.07. The summed E-state index contributed by atoms with van der Waals surface area (Å²) in [4.78, 5) is 32.9. The molecule has 0 saturated carbocycles. The van der Waals surface area contributed by atoms with E-state index in [1.165, 1.54) is 12.1 Å². The number of carbonyl (C=O) groups excluding carboxylic acids is 1. The molecule has 0 spiro atoms. The number of benzene rings is 2. The zero-order chi connectivity index (χ0) is 26.9. The molecule has 1 N–H and O–H groups in total. The Kier molecular flexibility index (Phi) is 6.90. The highest BCUT2D eigenvalue weighted by atomic mass is 32.2. The van der Waals surface area contributed by atoms with E-state index in [0.29, 0.717) is 30.2 Å². The van der Waals surface area contributed by atoms with Gasteiger partial charge in [0.25, 0.3) is 15.9 Å². The molecule has 1 aliphatic rings. The van der Waals surface area contributed by atoms with Crippen LogP contribution in [0, 0.1) is 13.8 Å². The number of aromatic nitrogens is 4. The van der Waals surface area contributed by atoms with Crippen LogP contribution in [0.25, 0.3) is 11.3 Å². The Morgan fingerprint density at radius 3 is 2.42 bits per heavy atom. The molecule has 1 unspecified atom stereocenters. The van der Waals surface area contributed by atoms with Crippen LogP contribution in [0.3, 0.4) is 0 Å². The highest BCUT2D eigenvalue weighted by molar-refractivity contribution is 7.92. The Labute approximate surface area is 222 Å². The summed E-state index contributed by atoms with van der Waals surface area (Å²) < 4.78 is 29.3. The first kappa shape index (κ1) is 25.5. The number of nitrogens with zero attached hydrogens (tertiary/aromatic N) is 5. The smallest absolute Gasteiger partial charge is 0.264 e. The van der Waals surface area contributed by atoms with Crippen LogP contribution in [0.4, 0.5) is 5.95 Å². The molecular weight excluding hydrogens is 500 g/mol. The number of fused-ring (bicyclic) bond motifs is 4. The van der Waals surface area contributed by atoms with Crippen molar-refractivity contribution in [3.63, 3.8) is 0 Å². The molecule has 0 fully saturated rings. The van der Waals surface area contributed by atoms with Crippen LogP contribution in [-0.4, -0.2) is 45.7 Å². The fourth-order valence-electron chi connectivity index (χ4n) is 4.60. The summed E-state index contributed by atoms with van der Waals surface area (Å²) in [6.07, 6.45) is 3.85. The molecular formula is C28H28N6O3S. The maximum atomic E-state index is 13.6. The Hall–Kier alpha value is -4.18. The van der Waals surface area contributed by atoms with E-state index in [4.69, 9.17) is 0 Å². The second-order valence-corrected chi connectivity index (χ2v) is 11.2. The van der Waals surface area contributed by atoms with Gasteiger partial charge >= 0.3 is 0 Å². The van der Waals surface area contributed by atoms with Crippen LogP contribution in [0.5, 0.6) is 0 Å². The van der Waals surface area contributed by atoms with Crippen LogP contribution < -0.4 is 4.72 Å². The lowest BCUT2D eigenvalue weighted by Crippen LogP contribution is -2.33. The average Bonchev–Trinajstić information content (AvgIpc) is 2.90. The predicted molar refractivity (Wildman–Crippen MR) is 144 cm³/mol. The summed E-state index contributed by atoms with van der Waals surface area (Å²) >= 11 is 0. The van der Waals surface area contributed by atoms with E-state index in [-0.39, 0.29) is 34.8 Å². The van der Waals surface area contributed by atoms with Crippen molar-refractivity contribution in [3.8, 4) is 11.3 Å². The summed E-state index contributed by atoms with van der Waals surface area (Å²) in [5, 5.41) is 0. The van der Waals surface area contributed by atoms with Gasteiger partial charge in [0.05, 0.1) is 17.1 Å². The lowest BCUT2D eigenvalue weighted by molar-refractivity contribution is 0.0733. The third-order valence-corrected chi connectivity index (χ3v) is 8.00. The third kappa shape index (κ3) is 5.26. The van der Waals surface area contributed by atoms with Crippen molar-refractivity contribution in [3.05, 3.63) is 95.2 Å². The molecule has 10 heteroatoms. The number of nitrogens with one attached hydrogen (secondary N) is 1. The van der Waals surface area contributed by atoms with Gasteiger partial charge < -0.3 is 4.90 Å². The molecule has 2 aromatic heterocycles. The molecule has 5 rings (SSSR count). The first-order valence-corrected chi connectivity index (χ1v) is 13.8. The normalized spacial score (nSPS) is 17.1. The van der Waals surface area contributed by atoms with E-state index in [9.17, 15) is 13.2 Å². The van der Waals surface area contributed by atoms with Crippen molar-refractivity contribution in [1.29, 1.82) is 0 Å². The van der Waals surface area contributed by atoms with Crippen molar-refractivity contribution < 1.29 is 13.2 Å². The molecule has 0 radical (unpaired) electrons. The van der Waals surface area contributed by atoms with E-state index < -0.39 is 10.0 Å². The van der Waals surface area contributed by atoms with E-state index in [1.807, 2.05) is 45.0 Å². The van der Waals surface area contributed by atoms with Gasteiger partial charge in [0.2, 0.25) is 5.95 Å². The number of rotatable bonds is 3. The molecule has 1 atom stereocenters. The number of hydrogen-bond donors (Lipinski definition) is 1. The van der Waals surface area contributed by atoms with Crippen LogP contribution in [0.2, 0.25) is 0 Å². The Balaban J connectivity index is 1.63. The van der Waals surface area contributed by atoms with E-state index >= 15 is 0 Å². The van der Waals surface area contributed by atoms with Crippen molar-refractivity contribution in [2.45, 2.75) is 44.6 Å². The molecule has 194 valence electrons. The van der Waals surface area contributed by atoms with Crippen molar-refractivity contribution in [2.24, 2.45) is 0 Å². The highest BCUT2D eigenvalue weighted by Gasteiger charge is 2.25. The van der Waals surface area contributed by atoms with Gasteiger partial charge in [-0.1, -0.05) is 31.2 Å². The van der Waals surface area contributed by atoms with Gasteiger partial charge in [-0.2, -0.15) is 0 Å². The Morgan fingerprint density at radius 1 is 0.974 bits per heavy atom. The molecule has 3 heterocycles. The first-order valence-electron chi connectivity index (χ1n) is 12.3. The summed E-state index contributed by atoms with van der Waals surface area (Å²) in [6, 6.07) is 15.6. The molecule has 4 bridgehead atoms. The molecule has 0 aliphatic carbocycles. The van der Waals surface area contributed by atoms with Gasteiger partial charge in [-0.25, -0.2) is 33.1 Å². The second-order valence-electron chi connectivity index (χ2n) is 9.48. The van der Waals surface area contributed by atoms with Gasteiger partial charge in [-0.05, 0) is 61.7 Å². The number of aryl methyl sites for hydroxylation is 2. The number of anilines is 1. The highest BCUT2D eigenvalue weighted by Crippen LogP contribution is 2.30. The monoisotopic (exact) mass is 528 g/mol. The Morgan fingerprint density at radius 2 is 1.68 bits per heavy atom. The topological polar surface area (TPSA) is 118 Å². The lowest BCUT2D eigenvalue weighted by atomic mass is 9.96. The van der Waals surface area contributed by atoms with Crippen LogP contribution in [-0.2, 0) is 16.6 Å². The minimum Gasteiger partial charge on any atom is -0.331 e. The van der Waals surface area contributed by atoms with Crippen LogP contribution >= 0.6 is 0 Å². The number of carbonyl (C=O) groups is 1. The number of amides is 1. The first-order chi connectivity index (χ1) is 18.2. The third-order valence-electron chi connectivity index (χ3n) is 6.68. The summed E-state index contributed by atoms with van der Waals surface area (Å²) in [5.74, 6) is 0.109. The molecule has 9 nitrogen and oxygen atoms in total. The molecule has 1 aliphatic heterocycles. The van der Waals surface area contributed by atoms with E-state index in [0.717, 1.165) is 16.7 Å². The zero-order valence-corrected chi connectivity index (χ0v) is 22.2. The number of hydrogen-bond acceptors (Lipinski definition) is 7.